The molecule has 1 heterocycles. The van der Waals surface area contributed by atoms with E-state index in [1.807, 2.05) is 6.92 Å². The van der Waals surface area contributed by atoms with E-state index in [0.717, 1.165) is 0 Å². The second kappa shape index (κ2) is 9.15. The number of ketones is 2. The summed E-state index contributed by atoms with van der Waals surface area (Å²) >= 11 is 0. The molecular formula is C20H24N2O6S. The van der Waals surface area contributed by atoms with Gasteiger partial charge in [-0.05, 0) is 51.0 Å². The third kappa shape index (κ3) is 5.18. The Hall–Kier alpha value is -2.78. The normalized spacial score (nSPS) is 11.3. The van der Waals surface area contributed by atoms with E-state index in [4.69, 9.17) is 4.74 Å². The Morgan fingerprint density at radius 2 is 1.86 bits per heavy atom. The van der Waals surface area contributed by atoms with Gasteiger partial charge in [0.15, 0.2) is 12.4 Å². The summed E-state index contributed by atoms with van der Waals surface area (Å²) in [5.41, 5.74) is 1.74. The van der Waals surface area contributed by atoms with E-state index in [-0.39, 0.29) is 28.5 Å². The van der Waals surface area contributed by atoms with Gasteiger partial charge in [-0.25, -0.2) is 17.9 Å². The van der Waals surface area contributed by atoms with Crippen LogP contribution in [0, 0.1) is 13.8 Å². The maximum absolute atomic E-state index is 12.4. The number of H-pyrrole nitrogens is 1. The molecule has 9 heteroatoms. The number of aryl methyl sites for hydroxylation is 1. The van der Waals surface area contributed by atoms with Crippen LogP contribution in [0.2, 0.25) is 0 Å². The van der Waals surface area contributed by atoms with Crippen molar-refractivity contribution in [1.29, 1.82) is 0 Å². The quantitative estimate of drug-likeness (QED) is 0.475. The fourth-order valence-electron chi connectivity index (χ4n) is 2.95. The highest BCUT2D eigenvalue weighted by atomic mass is 32.2. The first-order chi connectivity index (χ1) is 13.6. The second-order valence-corrected chi connectivity index (χ2v) is 8.37. The summed E-state index contributed by atoms with van der Waals surface area (Å²) in [4.78, 5) is 39.2. The molecular weight excluding hydrogens is 396 g/mol. The summed E-state index contributed by atoms with van der Waals surface area (Å²) in [5.74, 6) is -1.47. The molecule has 0 amide bonds. The lowest BCUT2D eigenvalue weighted by molar-refractivity contribution is 0.0473. The van der Waals surface area contributed by atoms with Crippen LogP contribution in [-0.2, 0) is 14.8 Å². The minimum Gasteiger partial charge on any atom is -0.454 e. The van der Waals surface area contributed by atoms with E-state index in [9.17, 15) is 22.8 Å². The molecule has 2 N–H and O–H groups in total. The zero-order chi connectivity index (χ0) is 21.8. The van der Waals surface area contributed by atoms with Gasteiger partial charge in [-0.2, -0.15) is 0 Å². The SMILES string of the molecule is CCCNS(=O)(=O)c1cccc(C(=O)OCC(=O)c2[nH]c(C)c(C(C)=O)c2C)c1. The van der Waals surface area contributed by atoms with E-state index in [1.165, 1.54) is 31.2 Å². The van der Waals surface area contributed by atoms with Crippen molar-refractivity contribution < 1.29 is 27.5 Å². The maximum Gasteiger partial charge on any atom is 0.338 e. The number of carbonyl (C=O) groups excluding carboxylic acids is 3. The number of aromatic amines is 1. The van der Waals surface area contributed by atoms with E-state index >= 15 is 0 Å². The molecule has 0 aliphatic rings. The molecule has 0 unspecified atom stereocenters. The molecule has 29 heavy (non-hydrogen) atoms. The first-order valence-electron chi connectivity index (χ1n) is 9.08. The number of hydrogen-bond donors (Lipinski definition) is 2. The van der Waals surface area contributed by atoms with Crippen LogP contribution in [0.3, 0.4) is 0 Å². The summed E-state index contributed by atoms with van der Waals surface area (Å²) in [6.07, 6.45) is 0.631. The Labute approximate surface area is 169 Å². The zero-order valence-corrected chi connectivity index (χ0v) is 17.6. The molecule has 8 nitrogen and oxygen atoms in total. The van der Waals surface area contributed by atoms with Crippen molar-refractivity contribution in [2.45, 2.75) is 39.0 Å². The van der Waals surface area contributed by atoms with Crippen molar-refractivity contribution in [3.63, 3.8) is 0 Å². The molecule has 0 saturated carbocycles. The minimum absolute atomic E-state index is 0.0148. The fraction of sp³-hybridized carbons (Fsp3) is 0.350. The van der Waals surface area contributed by atoms with Gasteiger partial charge in [0.25, 0.3) is 0 Å². The maximum atomic E-state index is 12.4. The molecule has 0 bridgehead atoms. The molecule has 0 radical (unpaired) electrons. The Bertz CT molecular complexity index is 1050. The fourth-order valence-corrected chi connectivity index (χ4v) is 4.13. The highest BCUT2D eigenvalue weighted by Gasteiger charge is 2.22. The molecule has 156 valence electrons. The van der Waals surface area contributed by atoms with Crippen molar-refractivity contribution in [3.05, 3.63) is 52.3 Å². The topological polar surface area (TPSA) is 122 Å². The first kappa shape index (κ1) is 22.5. The highest BCUT2D eigenvalue weighted by Crippen LogP contribution is 2.19. The molecule has 0 atom stereocenters. The van der Waals surface area contributed by atoms with Crippen molar-refractivity contribution in [1.82, 2.24) is 9.71 Å². The number of rotatable bonds is 9. The van der Waals surface area contributed by atoms with Crippen molar-refractivity contribution >= 4 is 27.6 Å². The predicted octanol–water partition coefficient (Wildman–Crippen LogP) is 2.56. The zero-order valence-electron chi connectivity index (χ0n) is 16.8. The lowest BCUT2D eigenvalue weighted by atomic mass is 10.1. The van der Waals surface area contributed by atoms with Gasteiger partial charge in [0.1, 0.15) is 0 Å². The number of sulfonamides is 1. The van der Waals surface area contributed by atoms with E-state index < -0.39 is 28.4 Å². The molecule has 1 aromatic carbocycles. The summed E-state index contributed by atoms with van der Waals surface area (Å²) in [6, 6.07) is 5.40. The Morgan fingerprint density at radius 3 is 2.45 bits per heavy atom. The largest absolute Gasteiger partial charge is 0.454 e. The van der Waals surface area contributed by atoms with Crippen molar-refractivity contribution in [3.8, 4) is 0 Å². The minimum atomic E-state index is -3.73. The van der Waals surface area contributed by atoms with Gasteiger partial charge < -0.3 is 9.72 Å². The van der Waals surface area contributed by atoms with Crippen LogP contribution in [0.25, 0.3) is 0 Å². The monoisotopic (exact) mass is 420 g/mol. The lowest BCUT2D eigenvalue weighted by Gasteiger charge is -2.08. The number of aromatic nitrogens is 1. The van der Waals surface area contributed by atoms with E-state index in [0.29, 0.717) is 23.2 Å². The Kier molecular flexibility index (Phi) is 7.10. The third-order valence-corrected chi connectivity index (χ3v) is 5.78. The van der Waals surface area contributed by atoms with Gasteiger partial charge in [0, 0.05) is 17.8 Å². The molecule has 2 rings (SSSR count). The van der Waals surface area contributed by atoms with Crippen LogP contribution < -0.4 is 4.72 Å². The lowest BCUT2D eigenvalue weighted by Crippen LogP contribution is -2.24. The summed E-state index contributed by atoms with van der Waals surface area (Å²) in [5, 5.41) is 0. The van der Waals surface area contributed by atoms with Crippen LogP contribution in [0.1, 0.15) is 62.7 Å². The van der Waals surface area contributed by atoms with Gasteiger partial charge in [-0.3, -0.25) is 9.59 Å². The average molecular weight is 420 g/mol. The number of hydrogen-bond acceptors (Lipinski definition) is 6. The molecule has 1 aromatic heterocycles. The predicted molar refractivity (Wildman–Crippen MR) is 107 cm³/mol. The van der Waals surface area contributed by atoms with Gasteiger partial charge in [0.05, 0.1) is 16.2 Å². The third-order valence-electron chi connectivity index (χ3n) is 4.32. The van der Waals surface area contributed by atoms with Gasteiger partial charge in [-0.15, -0.1) is 0 Å². The van der Waals surface area contributed by atoms with Crippen LogP contribution >= 0.6 is 0 Å². The van der Waals surface area contributed by atoms with Crippen LogP contribution in [-0.4, -0.2) is 44.1 Å². The molecule has 0 aliphatic heterocycles. The smallest absolute Gasteiger partial charge is 0.338 e. The van der Waals surface area contributed by atoms with Crippen molar-refractivity contribution in [2.75, 3.05) is 13.2 Å². The van der Waals surface area contributed by atoms with E-state index in [1.54, 1.807) is 13.8 Å². The van der Waals surface area contributed by atoms with Crippen LogP contribution in [0.5, 0.6) is 0 Å². The molecule has 0 fully saturated rings. The number of carbonyl (C=O) groups is 3. The standard InChI is InChI=1S/C20H24N2O6S/c1-5-9-21-29(26,27)16-8-6-7-15(10-16)20(25)28-11-17(24)19-12(2)18(14(4)23)13(3)22-19/h6-8,10,21-22H,5,9,11H2,1-4H3. The molecule has 0 saturated heterocycles. The van der Waals surface area contributed by atoms with Gasteiger partial charge in [-0.1, -0.05) is 13.0 Å². The molecule has 0 spiro atoms. The number of benzene rings is 1. The highest BCUT2D eigenvalue weighted by molar-refractivity contribution is 7.89. The van der Waals surface area contributed by atoms with Crippen LogP contribution in [0.15, 0.2) is 29.2 Å². The summed E-state index contributed by atoms with van der Waals surface area (Å²) < 4.78 is 31.9. The average Bonchev–Trinajstić information content (AvgIpc) is 2.98. The van der Waals surface area contributed by atoms with Crippen molar-refractivity contribution in [2.24, 2.45) is 0 Å². The number of Topliss-reactive ketones (excluding diaryl/α,β-unsaturated/α-hetero) is 2. The van der Waals surface area contributed by atoms with Gasteiger partial charge >= 0.3 is 5.97 Å². The Morgan fingerprint density at radius 1 is 1.17 bits per heavy atom. The summed E-state index contributed by atoms with van der Waals surface area (Å²) in [7, 11) is -3.73. The second-order valence-electron chi connectivity index (χ2n) is 6.61. The Balaban J connectivity index is 2.12. The first-order valence-corrected chi connectivity index (χ1v) is 10.6. The molecule has 0 aliphatic carbocycles. The summed E-state index contributed by atoms with van der Waals surface area (Å²) in [6.45, 7) is 6.32. The number of nitrogens with one attached hydrogen (secondary N) is 2. The van der Waals surface area contributed by atoms with Gasteiger partial charge in [0.2, 0.25) is 15.8 Å². The van der Waals surface area contributed by atoms with E-state index in [2.05, 4.69) is 9.71 Å². The van der Waals surface area contributed by atoms with Crippen LogP contribution in [0.4, 0.5) is 0 Å². The molecule has 2 aromatic rings. The number of ether oxygens (including phenoxy) is 1. The number of esters is 1.